The monoisotopic (exact) mass is 288 g/mol. The van der Waals surface area contributed by atoms with Crippen LogP contribution in [0.2, 0.25) is 0 Å². The Hall–Kier alpha value is -1.95. The highest BCUT2D eigenvalue weighted by molar-refractivity contribution is 5.79. The summed E-state index contributed by atoms with van der Waals surface area (Å²) in [4.78, 5) is 14.4. The van der Waals surface area contributed by atoms with Crippen molar-refractivity contribution in [3.63, 3.8) is 0 Å². The lowest BCUT2D eigenvalue weighted by Crippen LogP contribution is -2.37. The van der Waals surface area contributed by atoms with Crippen molar-refractivity contribution >= 4 is 16.9 Å². The summed E-state index contributed by atoms with van der Waals surface area (Å²) in [6.07, 6.45) is 1.04. The zero-order valence-electron chi connectivity index (χ0n) is 12.2. The number of para-hydroxylation sites is 1. The van der Waals surface area contributed by atoms with E-state index in [0.717, 1.165) is 37.2 Å². The van der Waals surface area contributed by atoms with Crippen LogP contribution in [0.15, 0.2) is 24.3 Å². The van der Waals surface area contributed by atoms with E-state index in [1.54, 1.807) is 4.68 Å². The number of nitrogens with zero attached hydrogens (tertiary/aromatic N) is 4. The Morgan fingerprint density at radius 3 is 3.10 bits per heavy atom. The van der Waals surface area contributed by atoms with Crippen molar-refractivity contribution in [2.24, 2.45) is 5.92 Å². The van der Waals surface area contributed by atoms with Crippen LogP contribution >= 0.6 is 0 Å². The number of aromatic nitrogens is 3. The van der Waals surface area contributed by atoms with Gasteiger partial charge >= 0.3 is 0 Å². The van der Waals surface area contributed by atoms with Gasteiger partial charge in [-0.15, -0.1) is 5.10 Å². The minimum Gasteiger partial charge on any atom is -0.381 e. The third-order valence-electron chi connectivity index (χ3n) is 3.94. The van der Waals surface area contributed by atoms with E-state index in [2.05, 4.69) is 10.3 Å². The van der Waals surface area contributed by atoms with Gasteiger partial charge in [-0.3, -0.25) is 4.79 Å². The van der Waals surface area contributed by atoms with E-state index in [4.69, 9.17) is 4.74 Å². The summed E-state index contributed by atoms with van der Waals surface area (Å²) in [5.41, 5.74) is 1.71. The van der Waals surface area contributed by atoms with Crippen LogP contribution in [0.4, 0.5) is 0 Å². The number of fused-ring (bicyclic) bond motifs is 1. The van der Waals surface area contributed by atoms with Gasteiger partial charge in [-0.05, 0) is 25.5 Å². The summed E-state index contributed by atoms with van der Waals surface area (Å²) in [5, 5.41) is 8.16. The van der Waals surface area contributed by atoms with Crippen LogP contribution in [0, 0.1) is 5.92 Å². The normalized spacial score (nSPS) is 18.2. The first kappa shape index (κ1) is 14.0. The standard InChI is InChI=1S/C15H20N4O2/c1-2-18(9-12-7-8-21-11-12)15(20)10-19-14-6-4-3-5-13(14)16-17-19/h3-6,12H,2,7-11H2,1H3/t12-/m1/s1. The Labute approximate surface area is 123 Å². The number of carbonyl (C=O) groups excluding carboxylic acids is 1. The summed E-state index contributed by atoms with van der Waals surface area (Å²) in [5.74, 6) is 0.543. The van der Waals surface area contributed by atoms with Crippen LogP contribution in [0.25, 0.3) is 11.0 Å². The lowest BCUT2D eigenvalue weighted by molar-refractivity contribution is -0.132. The zero-order valence-corrected chi connectivity index (χ0v) is 12.2. The van der Waals surface area contributed by atoms with Gasteiger partial charge in [-0.2, -0.15) is 0 Å². The van der Waals surface area contributed by atoms with Crippen molar-refractivity contribution in [3.05, 3.63) is 24.3 Å². The molecule has 21 heavy (non-hydrogen) atoms. The van der Waals surface area contributed by atoms with Gasteiger partial charge in [-0.1, -0.05) is 17.3 Å². The fraction of sp³-hybridized carbons (Fsp3) is 0.533. The van der Waals surface area contributed by atoms with Crippen LogP contribution in [-0.2, 0) is 16.1 Å². The molecule has 1 aromatic heterocycles. The van der Waals surface area contributed by atoms with Crippen LogP contribution < -0.4 is 0 Å². The molecule has 0 saturated carbocycles. The first-order valence-electron chi connectivity index (χ1n) is 7.41. The lowest BCUT2D eigenvalue weighted by atomic mass is 10.1. The predicted molar refractivity (Wildman–Crippen MR) is 78.7 cm³/mol. The molecule has 0 spiro atoms. The number of carbonyl (C=O) groups is 1. The fourth-order valence-electron chi connectivity index (χ4n) is 2.71. The molecule has 0 aliphatic carbocycles. The maximum absolute atomic E-state index is 12.5. The average molecular weight is 288 g/mol. The van der Waals surface area contributed by atoms with Gasteiger partial charge in [0, 0.05) is 25.6 Å². The largest absolute Gasteiger partial charge is 0.381 e. The molecule has 1 aromatic carbocycles. The van der Waals surface area contributed by atoms with E-state index in [9.17, 15) is 4.79 Å². The summed E-state index contributed by atoms with van der Waals surface area (Å²) >= 11 is 0. The minimum absolute atomic E-state index is 0.0834. The van der Waals surface area contributed by atoms with E-state index in [1.807, 2.05) is 36.1 Å². The van der Waals surface area contributed by atoms with Gasteiger partial charge in [-0.25, -0.2) is 4.68 Å². The number of likely N-dealkylation sites (N-methyl/N-ethyl adjacent to an activating group) is 1. The maximum Gasteiger partial charge on any atom is 0.244 e. The maximum atomic E-state index is 12.5. The lowest BCUT2D eigenvalue weighted by Gasteiger charge is -2.23. The van der Waals surface area contributed by atoms with Gasteiger partial charge in [0.1, 0.15) is 12.1 Å². The first-order chi connectivity index (χ1) is 10.3. The second-order valence-electron chi connectivity index (χ2n) is 5.40. The van der Waals surface area contributed by atoms with E-state index in [-0.39, 0.29) is 12.5 Å². The van der Waals surface area contributed by atoms with Crippen molar-refractivity contribution in [2.75, 3.05) is 26.3 Å². The van der Waals surface area contributed by atoms with Gasteiger partial charge in [0.2, 0.25) is 5.91 Å². The second kappa shape index (κ2) is 6.22. The van der Waals surface area contributed by atoms with Crippen LogP contribution in [-0.4, -0.2) is 52.1 Å². The van der Waals surface area contributed by atoms with Gasteiger partial charge < -0.3 is 9.64 Å². The number of hydrogen-bond acceptors (Lipinski definition) is 4. The molecule has 3 rings (SSSR count). The predicted octanol–water partition coefficient (Wildman–Crippen LogP) is 1.32. The highest BCUT2D eigenvalue weighted by Crippen LogP contribution is 2.15. The number of benzene rings is 1. The summed E-state index contributed by atoms with van der Waals surface area (Å²) in [7, 11) is 0. The van der Waals surface area contributed by atoms with E-state index < -0.39 is 0 Å². The molecule has 6 nitrogen and oxygen atoms in total. The molecule has 0 bridgehead atoms. The third-order valence-corrected chi connectivity index (χ3v) is 3.94. The molecule has 1 atom stereocenters. The van der Waals surface area contributed by atoms with Crippen molar-refractivity contribution < 1.29 is 9.53 Å². The molecule has 1 fully saturated rings. The molecular weight excluding hydrogens is 268 g/mol. The molecule has 2 aromatic rings. The zero-order chi connectivity index (χ0) is 14.7. The molecular formula is C15H20N4O2. The van der Waals surface area contributed by atoms with Crippen LogP contribution in [0.3, 0.4) is 0 Å². The fourth-order valence-corrected chi connectivity index (χ4v) is 2.71. The molecule has 0 N–H and O–H groups in total. The Morgan fingerprint density at radius 1 is 1.48 bits per heavy atom. The molecule has 0 unspecified atom stereocenters. The highest BCUT2D eigenvalue weighted by Gasteiger charge is 2.22. The van der Waals surface area contributed by atoms with Crippen molar-refractivity contribution in [3.8, 4) is 0 Å². The summed E-state index contributed by atoms with van der Waals surface area (Å²) in [6, 6.07) is 7.68. The number of hydrogen-bond donors (Lipinski definition) is 0. The SMILES string of the molecule is CCN(C[C@H]1CCOC1)C(=O)Cn1nnc2ccccc21. The van der Waals surface area contributed by atoms with Crippen molar-refractivity contribution in [1.29, 1.82) is 0 Å². The Balaban J connectivity index is 1.69. The van der Waals surface area contributed by atoms with Gasteiger partial charge in [0.25, 0.3) is 0 Å². The molecule has 2 heterocycles. The molecule has 1 amide bonds. The summed E-state index contributed by atoms with van der Waals surface area (Å²) < 4.78 is 7.05. The van der Waals surface area contributed by atoms with E-state index >= 15 is 0 Å². The third kappa shape index (κ3) is 3.05. The average Bonchev–Trinajstić information content (AvgIpc) is 3.15. The molecule has 1 saturated heterocycles. The topological polar surface area (TPSA) is 60.2 Å². The van der Waals surface area contributed by atoms with Crippen LogP contribution in [0.1, 0.15) is 13.3 Å². The van der Waals surface area contributed by atoms with Crippen molar-refractivity contribution in [1.82, 2.24) is 19.9 Å². The van der Waals surface area contributed by atoms with Crippen LogP contribution in [0.5, 0.6) is 0 Å². The molecule has 112 valence electrons. The quantitative estimate of drug-likeness (QED) is 0.832. The minimum atomic E-state index is 0.0834. The summed E-state index contributed by atoms with van der Waals surface area (Å²) in [6.45, 7) is 5.29. The number of ether oxygens (including phenoxy) is 1. The van der Waals surface area contributed by atoms with Crippen molar-refractivity contribution in [2.45, 2.75) is 19.9 Å². The Bertz CT molecular complexity index is 619. The highest BCUT2D eigenvalue weighted by atomic mass is 16.5. The molecule has 1 aliphatic heterocycles. The second-order valence-corrected chi connectivity index (χ2v) is 5.40. The Kier molecular flexibility index (Phi) is 4.15. The number of amides is 1. The Morgan fingerprint density at radius 2 is 2.33 bits per heavy atom. The molecule has 6 heteroatoms. The molecule has 1 aliphatic rings. The first-order valence-corrected chi connectivity index (χ1v) is 7.41. The number of rotatable bonds is 5. The molecule has 0 radical (unpaired) electrons. The van der Waals surface area contributed by atoms with Gasteiger partial charge in [0.15, 0.2) is 0 Å². The van der Waals surface area contributed by atoms with E-state index in [0.29, 0.717) is 12.5 Å². The smallest absolute Gasteiger partial charge is 0.244 e. The van der Waals surface area contributed by atoms with E-state index in [1.165, 1.54) is 0 Å². The van der Waals surface area contributed by atoms with Gasteiger partial charge in [0.05, 0.1) is 12.1 Å².